The third-order valence-corrected chi connectivity index (χ3v) is 6.51. The van der Waals surface area contributed by atoms with E-state index in [4.69, 9.17) is 4.98 Å². The molecule has 0 saturated carbocycles. The van der Waals surface area contributed by atoms with Gasteiger partial charge < -0.3 is 5.32 Å². The van der Waals surface area contributed by atoms with Gasteiger partial charge in [-0.1, -0.05) is 42.5 Å². The SMILES string of the molecule is Cc1nc2ccccc2c2c(NC(=O)c3cccc(S(C)(=O)=O)c3)c3ccccc3n12. The van der Waals surface area contributed by atoms with Crippen LogP contribution in [0.25, 0.3) is 27.3 Å². The van der Waals surface area contributed by atoms with Crippen LogP contribution in [0.4, 0.5) is 5.69 Å². The standard InChI is InChI=1S/C24H19N3O3S/c1-15-25-20-12-5-3-10-18(20)23-22(19-11-4-6-13-21(19)27(15)23)26-24(28)16-8-7-9-17(14-16)31(2,29)30/h3-14H,1-2H3,(H,26,28). The summed E-state index contributed by atoms with van der Waals surface area (Å²) in [6.07, 6.45) is 1.13. The van der Waals surface area contributed by atoms with Gasteiger partial charge in [0.15, 0.2) is 9.84 Å². The normalized spacial score (nSPS) is 11.9. The molecule has 31 heavy (non-hydrogen) atoms. The van der Waals surface area contributed by atoms with Crippen molar-refractivity contribution in [3.05, 3.63) is 84.2 Å². The second-order valence-electron chi connectivity index (χ2n) is 7.51. The van der Waals surface area contributed by atoms with Gasteiger partial charge in [0.05, 0.1) is 27.1 Å². The van der Waals surface area contributed by atoms with Crippen LogP contribution in [0.1, 0.15) is 16.2 Å². The number of anilines is 1. The van der Waals surface area contributed by atoms with Gasteiger partial charge in [-0.3, -0.25) is 9.20 Å². The summed E-state index contributed by atoms with van der Waals surface area (Å²) in [5, 5.41) is 4.85. The summed E-state index contributed by atoms with van der Waals surface area (Å²) in [6, 6.07) is 21.7. The van der Waals surface area contributed by atoms with Crippen LogP contribution in [0.3, 0.4) is 0 Å². The van der Waals surface area contributed by atoms with Crippen molar-refractivity contribution in [2.75, 3.05) is 11.6 Å². The molecule has 0 spiro atoms. The second-order valence-corrected chi connectivity index (χ2v) is 9.52. The number of rotatable bonds is 3. The predicted molar refractivity (Wildman–Crippen MR) is 122 cm³/mol. The number of nitrogens with zero attached hydrogens (tertiary/aromatic N) is 2. The van der Waals surface area contributed by atoms with Gasteiger partial charge in [-0.15, -0.1) is 0 Å². The number of amides is 1. The molecule has 0 aliphatic rings. The van der Waals surface area contributed by atoms with Crippen molar-refractivity contribution >= 4 is 48.8 Å². The minimum atomic E-state index is -3.42. The lowest BCUT2D eigenvalue weighted by Gasteiger charge is -2.09. The van der Waals surface area contributed by atoms with Gasteiger partial charge in [0, 0.05) is 22.6 Å². The van der Waals surface area contributed by atoms with Crippen LogP contribution in [0.5, 0.6) is 0 Å². The zero-order valence-corrected chi connectivity index (χ0v) is 17.8. The van der Waals surface area contributed by atoms with E-state index in [1.807, 2.05) is 59.9 Å². The van der Waals surface area contributed by atoms with Crippen LogP contribution in [-0.2, 0) is 9.84 Å². The molecule has 2 heterocycles. The molecule has 2 aromatic heterocycles. The van der Waals surface area contributed by atoms with Gasteiger partial charge in [0.2, 0.25) is 0 Å². The fourth-order valence-corrected chi connectivity index (χ4v) is 4.67. The van der Waals surface area contributed by atoms with E-state index < -0.39 is 9.84 Å². The summed E-state index contributed by atoms with van der Waals surface area (Å²) in [6.45, 7) is 1.94. The molecule has 0 saturated heterocycles. The number of nitrogens with one attached hydrogen (secondary N) is 1. The van der Waals surface area contributed by atoms with Gasteiger partial charge in [-0.25, -0.2) is 13.4 Å². The van der Waals surface area contributed by atoms with Crippen LogP contribution >= 0.6 is 0 Å². The summed E-state index contributed by atoms with van der Waals surface area (Å²) in [5.41, 5.74) is 3.59. The minimum Gasteiger partial charge on any atom is -0.320 e. The summed E-state index contributed by atoms with van der Waals surface area (Å²) in [4.78, 5) is 18.0. The summed E-state index contributed by atoms with van der Waals surface area (Å²) >= 11 is 0. The van der Waals surface area contributed by atoms with Crippen molar-refractivity contribution in [3.8, 4) is 0 Å². The number of fused-ring (bicyclic) bond motifs is 5. The smallest absolute Gasteiger partial charge is 0.255 e. The first kappa shape index (κ1) is 19.3. The van der Waals surface area contributed by atoms with Crippen LogP contribution in [0, 0.1) is 6.92 Å². The number of para-hydroxylation sites is 2. The number of hydrogen-bond donors (Lipinski definition) is 1. The molecule has 6 nitrogen and oxygen atoms in total. The Morgan fingerprint density at radius 2 is 1.65 bits per heavy atom. The van der Waals surface area contributed by atoms with E-state index in [0.29, 0.717) is 5.69 Å². The number of carbonyl (C=O) groups excluding carboxylic acids is 1. The first-order valence-corrected chi connectivity index (χ1v) is 11.6. The fraction of sp³-hybridized carbons (Fsp3) is 0.0833. The molecule has 0 fully saturated rings. The van der Waals surface area contributed by atoms with Crippen molar-refractivity contribution < 1.29 is 13.2 Å². The van der Waals surface area contributed by atoms with E-state index in [1.165, 1.54) is 12.1 Å². The molecule has 154 valence electrons. The summed E-state index contributed by atoms with van der Waals surface area (Å²) in [7, 11) is -3.42. The quantitative estimate of drug-likeness (QED) is 0.454. The topological polar surface area (TPSA) is 80.5 Å². The Balaban J connectivity index is 1.76. The van der Waals surface area contributed by atoms with Crippen LogP contribution in [0.15, 0.2) is 77.7 Å². The van der Waals surface area contributed by atoms with Crippen LogP contribution < -0.4 is 5.32 Å². The molecule has 7 heteroatoms. The molecule has 5 aromatic rings. The molecule has 1 amide bonds. The number of sulfone groups is 1. The third kappa shape index (κ3) is 3.14. The Hall–Kier alpha value is -3.71. The van der Waals surface area contributed by atoms with Gasteiger partial charge in [0.25, 0.3) is 5.91 Å². The highest BCUT2D eigenvalue weighted by Crippen LogP contribution is 2.36. The highest BCUT2D eigenvalue weighted by atomic mass is 32.2. The maximum Gasteiger partial charge on any atom is 0.255 e. The fourth-order valence-electron chi connectivity index (χ4n) is 4.01. The average molecular weight is 430 g/mol. The maximum atomic E-state index is 13.2. The lowest BCUT2D eigenvalue weighted by molar-refractivity contribution is 0.102. The molecule has 0 aliphatic carbocycles. The lowest BCUT2D eigenvalue weighted by atomic mass is 10.1. The molecule has 0 aliphatic heterocycles. The Labute approximate surface area is 179 Å². The highest BCUT2D eigenvalue weighted by molar-refractivity contribution is 7.90. The van der Waals surface area contributed by atoms with Crippen molar-refractivity contribution in [3.63, 3.8) is 0 Å². The van der Waals surface area contributed by atoms with Gasteiger partial charge >= 0.3 is 0 Å². The van der Waals surface area contributed by atoms with Crippen molar-refractivity contribution in [1.29, 1.82) is 0 Å². The Bertz CT molecular complexity index is 1620. The minimum absolute atomic E-state index is 0.109. The van der Waals surface area contributed by atoms with Gasteiger partial charge in [-0.2, -0.15) is 0 Å². The second kappa shape index (κ2) is 6.92. The number of carbonyl (C=O) groups is 1. The molecule has 0 bridgehead atoms. The zero-order chi connectivity index (χ0) is 21.8. The van der Waals surface area contributed by atoms with E-state index in [9.17, 15) is 13.2 Å². The molecular weight excluding hydrogens is 410 g/mol. The molecule has 0 atom stereocenters. The number of aryl methyl sites for hydroxylation is 1. The van der Waals surface area contributed by atoms with E-state index >= 15 is 0 Å². The Morgan fingerprint density at radius 1 is 0.935 bits per heavy atom. The predicted octanol–water partition coefficient (Wildman–Crippen LogP) is 4.60. The van der Waals surface area contributed by atoms with E-state index in [0.717, 1.165) is 39.4 Å². The average Bonchev–Trinajstić information content (AvgIpc) is 3.08. The molecule has 5 rings (SSSR count). The molecule has 0 unspecified atom stereocenters. The van der Waals surface area contributed by atoms with E-state index in [-0.39, 0.29) is 16.4 Å². The lowest BCUT2D eigenvalue weighted by Crippen LogP contribution is -2.13. The Morgan fingerprint density at radius 3 is 2.42 bits per heavy atom. The first-order valence-electron chi connectivity index (χ1n) is 9.74. The Kier molecular flexibility index (Phi) is 4.30. The van der Waals surface area contributed by atoms with Crippen LogP contribution in [0.2, 0.25) is 0 Å². The highest BCUT2D eigenvalue weighted by Gasteiger charge is 2.20. The molecule has 3 aromatic carbocycles. The first-order chi connectivity index (χ1) is 14.8. The number of hydrogen-bond acceptors (Lipinski definition) is 4. The largest absolute Gasteiger partial charge is 0.320 e. The number of benzene rings is 3. The van der Waals surface area contributed by atoms with E-state index in [1.54, 1.807) is 12.1 Å². The summed E-state index contributed by atoms with van der Waals surface area (Å²) < 4.78 is 25.9. The number of aromatic nitrogens is 2. The maximum absolute atomic E-state index is 13.2. The third-order valence-electron chi connectivity index (χ3n) is 5.40. The van der Waals surface area contributed by atoms with Crippen LogP contribution in [-0.4, -0.2) is 30.0 Å². The monoisotopic (exact) mass is 429 g/mol. The van der Waals surface area contributed by atoms with Gasteiger partial charge in [-0.05, 0) is 37.3 Å². The van der Waals surface area contributed by atoms with E-state index in [2.05, 4.69) is 5.32 Å². The molecule has 0 radical (unpaired) electrons. The summed E-state index contributed by atoms with van der Waals surface area (Å²) in [5.74, 6) is 0.437. The van der Waals surface area contributed by atoms with Crippen molar-refractivity contribution in [1.82, 2.24) is 9.38 Å². The van der Waals surface area contributed by atoms with Crippen molar-refractivity contribution in [2.45, 2.75) is 11.8 Å². The molecule has 1 N–H and O–H groups in total. The van der Waals surface area contributed by atoms with Crippen molar-refractivity contribution in [2.24, 2.45) is 0 Å². The van der Waals surface area contributed by atoms with Gasteiger partial charge in [0.1, 0.15) is 5.82 Å². The molecular formula is C24H19N3O3S. The zero-order valence-electron chi connectivity index (χ0n) is 17.0.